The summed E-state index contributed by atoms with van der Waals surface area (Å²) >= 11 is 0. The molecule has 5 aliphatic rings. The van der Waals surface area contributed by atoms with Crippen LogP contribution in [0.3, 0.4) is 0 Å². The Morgan fingerprint density at radius 1 is 0.472 bits per heavy atom. The number of rotatable bonds is 16. The van der Waals surface area contributed by atoms with Crippen molar-refractivity contribution in [3.05, 3.63) is 179 Å². The number of hydrogen-bond acceptors (Lipinski definition) is 19. The molecule has 0 bridgehead atoms. The average molecular weight is 1500 g/mol. The summed E-state index contributed by atoms with van der Waals surface area (Å²) in [7, 11) is 0. The normalized spacial score (nSPS) is 24.5. The van der Waals surface area contributed by atoms with Gasteiger partial charge in [-0.2, -0.15) is 0 Å². The minimum atomic E-state index is -1.33. The molecule has 0 aliphatic carbocycles. The zero-order chi connectivity index (χ0) is 80.3. The first kappa shape index (κ1) is 86.0. The fraction of sp³-hybridized carbons (Fsp3) is 0.530. The Morgan fingerprint density at radius 3 is 1.09 bits per heavy atom. The summed E-state index contributed by atoms with van der Waals surface area (Å²) in [6.07, 6.45) is -6.58. The molecular formula is C83H111N5O20. The lowest BCUT2D eigenvalue weighted by atomic mass is 9.90. The first-order chi connectivity index (χ1) is 50.3. The number of aliphatic carboxylic acids is 1. The number of carboxylic acids is 1. The predicted molar refractivity (Wildman–Crippen MR) is 401 cm³/mol. The zero-order valence-electron chi connectivity index (χ0n) is 65.9. The molecule has 588 valence electrons. The van der Waals surface area contributed by atoms with Crippen LogP contribution in [0.25, 0.3) is 0 Å². The molecule has 0 spiro atoms. The van der Waals surface area contributed by atoms with Crippen LogP contribution >= 0.6 is 0 Å². The first-order valence-electron chi connectivity index (χ1n) is 36.8. The van der Waals surface area contributed by atoms with Crippen LogP contribution in [0.1, 0.15) is 185 Å². The Balaban J connectivity index is 0.000000210. The Hall–Kier alpha value is -9.27. The number of carbonyl (C=O) groups excluding carboxylic acids is 8. The third kappa shape index (κ3) is 21.6. The largest absolute Gasteiger partial charge is 0.481 e. The molecule has 0 aromatic heterocycles. The van der Waals surface area contributed by atoms with E-state index in [9.17, 15) is 58.5 Å². The maximum absolute atomic E-state index is 13.7. The van der Waals surface area contributed by atoms with E-state index in [1.165, 1.54) is 21.6 Å². The molecule has 7 amide bonds. The van der Waals surface area contributed by atoms with Gasteiger partial charge in [-0.25, -0.2) is 33.8 Å². The van der Waals surface area contributed by atoms with Gasteiger partial charge in [0.1, 0.15) is 64.5 Å². The Labute approximate surface area is 635 Å². The van der Waals surface area contributed by atoms with Crippen molar-refractivity contribution in [3.8, 4) is 0 Å². The quantitative estimate of drug-likeness (QED) is 0.0610. The number of aliphatic hydroxyl groups is 2. The van der Waals surface area contributed by atoms with Gasteiger partial charge in [0, 0.05) is 6.42 Å². The van der Waals surface area contributed by atoms with Crippen LogP contribution in [0.2, 0.25) is 0 Å². The summed E-state index contributed by atoms with van der Waals surface area (Å²) < 4.78 is 45.7. The zero-order valence-corrected chi connectivity index (χ0v) is 65.9. The minimum Gasteiger partial charge on any atom is -0.481 e. The van der Waals surface area contributed by atoms with Crippen molar-refractivity contribution in [3.63, 3.8) is 0 Å². The topological polar surface area (TPSA) is 304 Å². The monoisotopic (exact) mass is 1500 g/mol. The van der Waals surface area contributed by atoms with E-state index in [2.05, 4.69) is 0 Å². The highest BCUT2D eigenvalue weighted by Gasteiger charge is 2.58. The lowest BCUT2D eigenvalue weighted by molar-refractivity contribution is -0.153. The molecule has 5 aliphatic heterocycles. The first-order valence-corrected chi connectivity index (χ1v) is 36.8. The maximum Gasteiger partial charge on any atom is 0.417 e. The summed E-state index contributed by atoms with van der Waals surface area (Å²) in [6.45, 7) is 34.9. The van der Waals surface area contributed by atoms with E-state index in [-0.39, 0.29) is 24.1 Å². The number of benzene rings is 5. The summed E-state index contributed by atoms with van der Waals surface area (Å²) in [4.78, 5) is 119. The van der Waals surface area contributed by atoms with Crippen molar-refractivity contribution >= 4 is 54.5 Å². The van der Waals surface area contributed by atoms with Crippen LogP contribution in [0.15, 0.2) is 152 Å². The predicted octanol–water partition coefficient (Wildman–Crippen LogP) is 13.8. The van der Waals surface area contributed by atoms with E-state index in [0.717, 1.165) is 39.0 Å². The lowest BCUT2D eigenvalue weighted by Crippen LogP contribution is -2.53. The Morgan fingerprint density at radius 2 is 0.769 bits per heavy atom. The highest BCUT2D eigenvalue weighted by atomic mass is 16.6. The molecule has 0 radical (unpaired) electrons. The number of aliphatic hydroxyl groups excluding tert-OH is 2. The molecular weight excluding hydrogens is 1390 g/mol. The molecule has 14 atom stereocenters. The number of cyclic esters (lactones) is 2. The molecule has 0 saturated carbocycles. The van der Waals surface area contributed by atoms with Gasteiger partial charge in [-0.15, -0.1) is 0 Å². The second kappa shape index (κ2) is 35.4. The SMILES string of the molecule is CC(C)(C)OC(=O)N1[C@@H](Cc2ccccc2)[C@H](C=O)OC1(C)C.CCC(=O)N1C(=O)O[C@@H](c2ccccc2)[C@H]1C.C[C@@H](C(=O)O)[C@@H](O)[C@@H]1OC(C)(C)N(C(=O)OC(C)(C)C)[C@H]1Cc1ccccc1.C[C@@H]1[C@H](c2ccccc2)OC(=O)N1C(=O)[C@H](C)[C@@H](O)[C@@H]1OC(C)(C)N(C(=O)OC(C)(C)C)[C@H]1Cc1ccccc1. The summed E-state index contributed by atoms with van der Waals surface area (Å²) in [5.74, 6) is -3.96. The van der Waals surface area contributed by atoms with Crippen molar-refractivity contribution in [1.29, 1.82) is 0 Å². The maximum atomic E-state index is 13.7. The van der Waals surface area contributed by atoms with Crippen molar-refractivity contribution in [2.75, 3.05) is 0 Å². The number of hydrogen-bond donors (Lipinski definition) is 3. The summed E-state index contributed by atoms with van der Waals surface area (Å²) in [5, 5.41) is 31.7. The molecule has 5 fully saturated rings. The van der Waals surface area contributed by atoms with Crippen LogP contribution in [-0.2, 0) is 76.3 Å². The number of carbonyl (C=O) groups is 9. The van der Waals surface area contributed by atoms with Gasteiger partial charge < -0.3 is 58.0 Å². The summed E-state index contributed by atoms with van der Waals surface area (Å²) in [6, 6.07) is 45.1. The Bertz CT molecular complexity index is 3860. The summed E-state index contributed by atoms with van der Waals surface area (Å²) in [5.41, 5.74) is -0.523. The van der Waals surface area contributed by atoms with Gasteiger partial charge in [0.25, 0.3) is 0 Å². The smallest absolute Gasteiger partial charge is 0.417 e. The van der Waals surface area contributed by atoms with Gasteiger partial charge >= 0.3 is 36.4 Å². The van der Waals surface area contributed by atoms with Gasteiger partial charge in [-0.1, -0.05) is 166 Å². The molecule has 25 heteroatoms. The molecule has 3 N–H and O–H groups in total. The van der Waals surface area contributed by atoms with E-state index >= 15 is 0 Å². The third-order valence-corrected chi connectivity index (χ3v) is 19.0. The second-order valence-corrected chi connectivity index (χ2v) is 32.2. The lowest BCUT2D eigenvalue weighted by Gasteiger charge is -2.35. The minimum absolute atomic E-state index is 0.194. The number of amides is 7. The van der Waals surface area contributed by atoms with Gasteiger partial charge in [-0.3, -0.25) is 29.1 Å². The van der Waals surface area contributed by atoms with Crippen LogP contribution in [0, 0.1) is 11.8 Å². The standard InChI is InChI=1S/C31H40N2O7.C21H31NO6.C18H25NO4.C13H15NO3/c1-19(27(35)32-20(2)25(38-28(32)36)22-16-12-9-13-17-22)24(34)26-23(18-21-14-10-8-11-15-21)33(31(6,7)39-26)29(37)40-30(3,4)5;1-13(18(24)25)16(23)17-15(12-14-10-8-7-9-11-14)22(21(5,6)27-17)19(26)28-20(2,3)4;1-17(2,3)23-16(21)19-14(11-13-9-7-6-8-10-13)15(12-20)22-18(19,4)5;1-3-11(15)14-9(2)12(17-13(14)16)10-7-5-4-6-8-10/h8-17,19-20,23-26,34H,18H2,1-7H3;7-11,13,15-17,23H,12H2,1-6H3,(H,24,25);6-10,12,14-15H,11H2,1-5H3;4-9,12H,3H2,1-2H3/t19-,20-,23+,24-,25-,26-;13-,15+,16-,17-;14-,15-;9-,12-/m1101/s1. The molecule has 25 nitrogen and oxygen atoms in total. The number of imide groups is 2. The number of carboxylic acid groups (broad SMARTS) is 1. The Kier molecular flexibility index (Phi) is 28.2. The van der Waals surface area contributed by atoms with E-state index in [0.29, 0.717) is 25.7 Å². The average Bonchev–Trinajstić information content (AvgIpc) is 1.62. The number of ether oxygens (including phenoxy) is 8. The molecule has 10 rings (SSSR count). The van der Waals surface area contributed by atoms with Crippen molar-refractivity contribution in [1.82, 2.24) is 24.5 Å². The van der Waals surface area contributed by atoms with Gasteiger partial charge in [0.05, 0.1) is 54.3 Å². The third-order valence-electron chi connectivity index (χ3n) is 19.0. The van der Waals surface area contributed by atoms with Crippen molar-refractivity contribution in [2.24, 2.45) is 11.8 Å². The highest BCUT2D eigenvalue weighted by molar-refractivity contribution is 5.95. The second-order valence-electron chi connectivity index (χ2n) is 32.2. The number of aldehydes is 1. The number of nitrogens with zero attached hydrogens (tertiary/aromatic N) is 5. The fourth-order valence-corrected chi connectivity index (χ4v) is 13.9. The van der Waals surface area contributed by atoms with Crippen LogP contribution in [0.4, 0.5) is 24.0 Å². The van der Waals surface area contributed by atoms with Gasteiger partial charge in [0.15, 0.2) is 6.29 Å². The molecule has 108 heavy (non-hydrogen) atoms. The molecule has 5 saturated heterocycles. The van der Waals surface area contributed by atoms with E-state index in [1.54, 1.807) is 109 Å². The van der Waals surface area contributed by atoms with Crippen molar-refractivity contribution < 1.29 is 96.4 Å². The van der Waals surface area contributed by atoms with Gasteiger partial charge in [-0.05, 0) is 172 Å². The molecule has 5 aromatic carbocycles. The molecule has 5 heterocycles. The van der Waals surface area contributed by atoms with E-state index < -0.39 is 143 Å². The van der Waals surface area contributed by atoms with E-state index in [1.807, 2.05) is 179 Å². The van der Waals surface area contributed by atoms with Crippen molar-refractivity contribution in [2.45, 2.75) is 271 Å². The van der Waals surface area contributed by atoms with E-state index in [4.69, 9.17) is 37.9 Å². The van der Waals surface area contributed by atoms with Crippen LogP contribution in [-0.4, -0.2) is 189 Å². The van der Waals surface area contributed by atoms with Gasteiger partial charge in [0.2, 0.25) is 11.8 Å². The molecule has 5 aromatic rings. The highest BCUT2D eigenvalue weighted by Crippen LogP contribution is 2.43. The van der Waals surface area contributed by atoms with Crippen LogP contribution in [0.5, 0.6) is 0 Å². The van der Waals surface area contributed by atoms with Crippen LogP contribution < -0.4 is 0 Å². The fourth-order valence-electron chi connectivity index (χ4n) is 13.9. The molecule has 0 unspecified atom stereocenters.